The summed E-state index contributed by atoms with van der Waals surface area (Å²) in [5.74, 6) is -0.526. The Balaban J connectivity index is 1.87. The van der Waals surface area contributed by atoms with Crippen molar-refractivity contribution in [3.63, 3.8) is 0 Å². The topological polar surface area (TPSA) is 34.1 Å². The minimum Gasteiger partial charge on any atom is -0.289 e. The highest BCUT2D eigenvalue weighted by Crippen LogP contribution is 2.30. The van der Waals surface area contributed by atoms with Gasteiger partial charge in [-0.15, -0.1) is 0 Å². The van der Waals surface area contributed by atoms with Crippen LogP contribution in [0.5, 0.6) is 0 Å². The van der Waals surface area contributed by atoms with Gasteiger partial charge in [0.1, 0.15) is 0 Å². The monoisotopic (exact) mass is 316 g/mol. The molecule has 116 valence electrons. The van der Waals surface area contributed by atoms with E-state index in [-0.39, 0.29) is 23.6 Å². The normalized spacial score (nSPS) is 14.5. The molecule has 0 N–H and O–H groups in total. The Morgan fingerprint density at radius 3 is 2.04 bits per heavy atom. The number of allylic oxidation sites excluding steroid dienone is 2. The lowest BCUT2D eigenvalue weighted by atomic mass is 9.87. The minimum atomic E-state index is -4.40. The van der Waals surface area contributed by atoms with E-state index in [1.54, 1.807) is 24.3 Å². The lowest BCUT2D eigenvalue weighted by molar-refractivity contribution is -0.137. The van der Waals surface area contributed by atoms with Crippen LogP contribution in [0, 0.1) is 0 Å². The van der Waals surface area contributed by atoms with Crippen LogP contribution in [0.2, 0.25) is 0 Å². The first-order chi connectivity index (χ1) is 10.9. The summed E-state index contributed by atoms with van der Waals surface area (Å²) in [5, 5.41) is 0. The molecule has 2 aromatic rings. The van der Waals surface area contributed by atoms with Crippen LogP contribution < -0.4 is 0 Å². The van der Waals surface area contributed by atoms with Crippen LogP contribution in [0.15, 0.2) is 60.2 Å². The Labute approximate surface area is 130 Å². The van der Waals surface area contributed by atoms with Crippen LogP contribution in [-0.2, 0) is 12.6 Å². The molecule has 0 atom stereocenters. The van der Waals surface area contributed by atoms with E-state index in [4.69, 9.17) is 0 Å². The van der Waals surface area contributed by atoms with Crippen LogP contribution in [0.4, 0.5) is 13.2 Å². The van der Waals surface area contributed by atoms with Crippen molar-refractivity contribution in [1.82, 2.24) is 0 Å². The summed E-state index contributed by atoms with van der Waals surface area (Å²) in [4.78, 5) is 24.4. The van der Waals surface area contributed by atoms with Crippen molar-refractivity contribution >= 4 is 11.6 Å². The molecule has 0 saturated heterocycles. The van der Waals surface area contributed by atoms with Gasteiger partial charge in [-0.1, -0.05) is 36.4 Å². The standard InChI is InChI=1S/C18H11F3O2/c19-18(20,21)13-7-5-11(6-8-13)9-12-10-16(22)14-3-1-2-4-15(14)17(12)23/h1-8,10H,9H2. The predicted molar refractivity (Wildman–Crippen MR) is 78.3 cm³/mol. The molecule has 0 heterocycles. The Hall–Kier alpha value is -2.69. The molecule has 0 radical (unpaired) electrons. The highest BCUT2D eigenvalue weighted by atomic mass is 19.4. The van der Waals surface area contributed by atoms with Crippen LogP contribution >= 0.6 is 0 Å². The first-order valence-electron chi connectivity index (χ1n) is 6.91. The fraction of sp³-hybridized carbons (Fsp3) is 0.111. The minimum absolute atomic E-state index is 0.122. The van der Waals surface area contributed by atoms with Gasteiger partial charge in [-0.3, -0.25) is 9.59 Å². The fourth-order valence-corrected chi connectivity index (χ4v) is 2.53. The molecule has 0 spiro atoms. The Morgan fingerprint density at radius 2 is 1.43 bits per heavy atom. The number of fused-ring (bicyclic) bond motifs is 1. The predicted octanol–water partition coefficient (Wildman–Crippen LogP) is 4.25. The molecular formula is C18H11F3O2. The van der Waals surface area contributed by atoms with Gasteiger partial charge in [0.05, 0.1) is 5.56 Å². The van der Waals surface area contributed by atoms with E-state index >= 15 is 0 Å². The summed E-state index contributed by atoms with van der Waals surface area (Å²) in [6, 6.07) is 11.1. The smallest absolute Gasteiger partial charge is 0.289 e. The number of rotatable bonds is 2. The van der Waals surface area contributed by atoms with Crippen LogP contribution in [-0.4, -0.2) is 11.6 Å². The SMILES string of the molecule is O=C1C=C(Cc2ccc(C(F)(F)F)cc2)C(=O)c2ccccc21. The Kier molecular flexibility index (Phi) is 3.64. The number of halogens is 3. The molecule has 0 bridgehead atoms. The van der Waals surface area contributed by atoms with E-state index in [0.29, 0.717) is 16.7 Å². The summed E-state index contributed by atoms with van der Waals surface area (Å²) < 4.78 is 37.6. The van der Waals surface area contributed by atoms with E-state index in [2.05, 4.69) is 0 Å². The number of ketones is 2. The second kappa shape index (κ2) is 5.50. The van der Waals surface area contributed by atoms with E-state index in [1.165, 1.54) is 18.2 Å². The van der Waals surface area contributed by atoms with Gasteiger partial charge in [-0.05, 0) is 23.8 Å². The third-order valence-corrected chi connectivity index (χ3v) is 3.71. The quantitative estimate of drug-likeness (QED) is 0.830. The van der Waals surface area contributed by atoms with Crippen molar-refractivity contribution in [1.29, 1.82) is 0 Å². The Bertz CT molecular complexity index is 815. The zero-order chi connectivity index (χ0) is 16.6. The third kappa shape index (κ3) is 2.95. The first kappa shape index (κ1) is 15.2. The van der Waals surface area contributed by atoms with Crippen molar-refractivity contribution in [2.75, 3.05) is 0 Å². The van der Waals surface area contributed by atoms with Crippen LogP contribution in [0.25, 0.3) is 0 Å². The number of alkyl halides is 3. The summed E-state index contributed by atoms with van der Waals surface area (Å²) in [5.41, 5.74) is 0.778. The molecule has 5 heteroatoms. The average molecular weight is 316 g/mol. The summed E-state index contributed by atoms with van der Waals surface area (Å²) >= 11 is 0. The molecule has 0 saturated carbocycles. The molecule has 1 aliphatic carbocycles. The van der Waals surface area contributed by atoms with Gasteiger partial charge in [0.2, 0.25) is 0 Å². The maximum absolute atomic E-state index is 12.5. The highest BCUT2D eigenvalue weighted by Gasteiger charge is 2.30. The lowest BCUT2D eigenvalue weighted by Gasteiger charge is -2.15. The van der Waals surface area contributed by atoms with Crippen molar-refractivity contribution < 1.29 is 22.8 Å². The highest BCUT2D eigenvalue weighted by molar-refractivity contribution is 6.24. The van der Waals surface area contributed by atoms with Gasteiger partial charge in [0.25, 0.3) is 0 Å². The number of benzene rings is 2. The Morgan fingerprint density at radius 1 is 0.826 bits per heavy atom. The van der Waals surface area contributed by atoms with Gasteiger partial charge < -0.3 is 0 Å². The molecule has 1 aliphatic rings. The summed E-state index contributed by atoms with van der Waals surface area (Å²) in [6.07, 6.45) is -3.01. The zero-order valence-electron chi connectivity index (χ0n) is 11.9. The molecule has 0 aromatic heterocycles. The van der Waals surface area contributed by atoms with Gasteiger partial charge in [-0.2, -0.15) is 13.2 Å². The van der Waals surface area contributed by atoms with Gasteiger partial charge in [0, 0.05) is 23.1 Å². The zero-order valence-corrected chi connectivity index (χ0v) is 11.9. The number of hydrogen-bond acceptors (Lipinski definition) is 2. The van der Waals surface area contributed by atoms with Crippen LogP contribution in [0.3, 0.4) is 0 Å². The molecule has 3 rings (SSSR count). The van der Waals surface area contributed by atoms with Crippen molar-refractivity contribution in [3.8, 4) is 0 Å². The fourth-order valence-electron chi connectivity index (χ4n) is 2.53. The van der Waals surface area contributed by atoms with Gasteiger partial charge in [-0.25, -0.2) is 0 Å². The van der Waals surface area contributed by atoms with Crippen molar-refractivity contribution in [3.05, 3.63) is 82.4 Å². The number of hydrogen-bond donors (Lipinski definition) is 0. The summed E-state index contributed by atoms with van der Waals surface area (Å²) in [7, 11) is 0. The molecule has 0 fully saturated rings. The molecule has 23 heavy (non-hydrogen) atoms. The molecule has 0 unspecified atom stereocenters. The lowest BCUT2D eigenvalue weighted by Crippen LogP contribution is -2.18. The largest absolute Gasteiger partial charge is 0.416 e. The molecule has 0 aliphatic heterocycles. The first-order valence-corrected chi connectivity index (χ1v) is 6.91. The van der Waals surface area contributed by atoms with E-state index in [1.807, 2.05) is 0 Å². The van der Waals surface area contributed by atoms with Gasteiger partial charge >= 0.3 is 6.18 Å². The number of carbonyl (C=O) groups excluding carboxylic acids is 2. The molecular weight excluding hydrogens is 305 g/mol. The van der Waals surface area contributed by atoms with Crippen molar-refractivity contribution in [2.45, 2.75) is 12.6 Å². The second-order valence-corrected chi connectivity index (χ2v) is 5.28. The van der Waals surface area contributed by atoms with E-state index < -0.39 is 11.7 Å². The maximum atomic E-state index is 12.5. The molecule has 2 nitrogen and oxygen atoms in total. The summed E-state index contributed by atoms with van der Waals surface area (Å²) in [6.45, 7) is 0. The van der Waals surface area contributed by atoms with Crippen molar-refractivity contribution in [2.24, 2.45) is 0 Å². The van der Waals surface area contributed by atoms with Gasteiger partial charge in [0.15, 0.2) is 11.6 Å². The molecule has 0 amide bonds. The second-order valence-electron chi connectivity index (χ2n) is 5.28. The number of carbonyl (C=O) groups is 2. The average Bonchev–Trinajstić information content (AvgIpc) is 2.52. The number of Topliss-reactive ketones (excluding diaryl/α,β-unsaturated/α-hetero) is 1. The molecule has 2 aromatic carbocycles. The van der Waals surface area contributed by atoms with Crippen LogP contribution in [0.1, 0.15) is 31.8 Å². The van der Waals surface area contributed by atoms with E-state index in [0.717, 1.165) is 12.1 Å². The third-order valence-electron chi connectivity index (χ3n) is 3.71. The maximum Gasteiger partial charge on any atom is 0.416 e. The van der Waals surface area contributed by atoms with E-state index in [9.17, 15) is 22.8 Å².